The molecule has 0 bridgehead atoms. The first-order chi connectivity index (χ1) is 12.6. The lowest BCUT2D eigenvalue weighted by molar-refractivity contribution is -0.132. The van der Waals surface area contributed by atoms with Gasteiger partial charge in [-0.05, 0) is 36.1 Å². The fraction of sp³-hybridized carbons (Fsp3) is 0.136. The molecule has 1 aromatic carbocycles. The molecule has 3 nitrogen and oxygen atoms in total. The van der Waals surface area contributed by atoms with Crippen molar-refractivity contribution in [2.45, 2.75) is 12.8 Å². The number of hydrogen-bond donors (Lipinski definition) is 1. The first-order valence-electron chi connectivity index (χ1n) is 8.47. The van der Waals surface area contributed by atoms with E-state index in [1.807, 2.05) is 42.5 Å². The SMILES string of the molecule is C=C(\C(=C/C=C/C=C1\SC2=CCCC=C2N1C)C(=O)O)c1ccccc1. The molecule has 1 aliphatic heterocycles. The van der Waals surface area contributed by atoms with Crippen molar-refractivity contribution in [1.82, 2.24) is 4.90 Å². The Balaban J connectivity index is 1.76. The molecule has 0 saturated carbocycles. The topological polar surface area (TPSA) is 40.5 Å². The van der Waals surface area contributed by atoms with Crippen LogP contribution in [0.5, 0.6) is 0 Å². The Morgan fingerprint density at radius 3 is 2.62 bits per heavy atom. The number of nitrogens with zero attached hydrogens (tertiary/aromatic N) is 1. The van der Waals surface area contributed by atoms with E-state index >= 15 is 0 Å². The zero-order valence-electron chi connectivity index (χ0n) is 14.7. The molecule has 1 aromatic rings. The molecule has 0 amide bonds. The quantitative estimate of drug-likeness (QED) is 0.566. The van der Waals surface area contributed by atoms with Gasteiger partial charge in [0.2, 0.25) is 0 Å². The Bertz CT molecular complexity index is 873. The van der Waals surface area contributed by atoms with Crippen LogP contribution < -0.4 is 0 Å². The Hall–Kier alpha value is -2.72. The highest BCUT2D eigenvalue weighted by atomic mass is 32.2. The van der Waals surface area contributed by atoms with E-state index in [1.165, 1.54) is 10.6 Å². The van der Waals surface area contributed by atoms with E-state index in [-0.39, 0.29) is 5.57 Å². The maximum atomic E-state index is 11.6. The van der Waals surface area contributed by atoms with Gasteiger partial charge in [0.05, 0.1) is 16.3 Å². The number of fused-ring (bicyclic) bond motifs is 1. The first-order valence-corrected chi connectivity index (χ1v) is 9.28. The monoisotopic (exact) mass is 363 g/mol. The van der Waals surface area contributed by atoms with Crippen LogP contribution in [0.3, 0.4) is 0 Å². The lowest BCUT2D eigenvalue weighted by Gasteiger charge is -2.15. The molecule has 1 saturated heterocycles. The van der Waals surface area contributed by atoms with Crippen molar-refractivity contribution in [3.63, 3.8) is 0 Å². The van der Waals surface area contributed by atoms with E-state index < -0.39 is 5.97 Å². The summed E-state index contributed by atoms with van der Waals surface area (Å²) in [4.78, 5) is 15.1. The third-order valence-electron chi connectivity index (χ3n) is 4.28. The Morgan fingerprint density at radius 1 is 1.19 bits per heavy atom. The van der Waals surface area contributed by atoms with E-state index in [4.69, 9.17) is 0 Å². The van der Waals surface area contributed by atoms with Gasteiger partial charge in [-0.3, -0.25) is 0 Å². The van der Waals surface area contributed by atoms with Gasteiger partial charge in [0, 0.05) is 12.0 Å². The molecular weight excluding hydrogens is 342 g/mol. The zero-order chi connectivity index (χ0) is 18.5. The smallest absolute Gasteiger partial charge is 0.336 e. The second kappa shape index (κ2) is 8.11. The van der Waals surface area contributed by atoms with E-state index in [2.05, 4.69) is 30.7 Å². The molecule has 26 heavy (non-hydrogen) atoms. The number of allylic oxidation sites excluding steroid dienone is 6. The van der Waals surface area contributed by atoms with Crippen LogP contribution in [0.4, 0.5) is 0 Å². The summed E-state index contributed by atoms with van der Waals surface area (Å²) >= 11 is 1.75. The summed E-state index contributed by atoms with van der Waals surface area (Å²) in [6.45, 7) is 3.94. The van der Waals surface area contributed by atoms with Crippen molar-refractivity contribution in [2.75, 3.05) is 7.05 Å². The second-order valence-corrected chi connectivity index (χ2v) is 7.08. The number of rotatable bonds is 5. The number of aliphatic carboxylic acids is 1. The molecule has 1 aliphatic carbocycles. The molecule has 4 heteroatoms. The van der Waals surface area contributed by atoms with Gasteiger partial charge in [0.25, 0.3) is 0 Å². The average molecular weight is 363 g/mol. The number of likely N-dealkylation sites (N-methyl/N-ethyl adjacent to an activating group) is 1. The number of hydrogen-bond acceptors (Lipinski definition) is 3. The maximum absolute atomic E-state index is 11.6. The molecule has 2 aliphatic rings. The van der Waals surface area contributed by atoms with Crippen LogP contribution in [0.25, 0.3) is 5.57 Å². The Labute approximate surface area is 158 Å². The summed E-state index contributed by atoms with van der Waals surface area (Å²) in [7, 11) is 2.06. The minimum Gasteiger partial charge on any atom is -0.478 e. The fourth-order valence-electron chi connectivity index (χ4n) is 2.87. The maximum Gasteiger partial charge on any atom is 0.336 e. The molecule has 0 spiro atoms. The van der Waals surface area contributed by atoms with Gasteiger partial charge >= 0.3 is 5.97 Å². The lowest BCUT2D eigenvalue weighted by Crippen LogP contribution is -2.09. The predicted octanol–water partition coefficient (Wildman–Crippen LogP) is 5.35. The summed E-state index contributed by atoms with van der Waals surface area (Å²) in [6, 6.07) is 9.36. The van der Waals surface area contributed by atoms with Gasteiger partial charge in [-0.15, -0.1) is 0 Å². The van der Waals surface area contributed by atoms with Crippen LogP contribution in [0.2, 0.25) is 0 Å². The van der Waals surface area contributed by atoms with Crippen molar-refractivity contribution in [1.29, 1.82) is 0 Å². The standard InChI is InChI=1S/C22H21NO2S/c1-16(17-10-4-3-5-11-17)18(22(24)25)12-6-9-15-21-23(2)19-13-7-8-14-20(19)26-21/h3-6,9-15H,1,7-8H2,2H3,(H,24,25)/b9-6+,18-12+,21-15-. The highest BCUT2D eigenvalue weighted by Gasteiger charge is 2.25. The van der Waals surface area contributed by atoms with Gasteiger partial charge in [0.15, 0.2) is 0 Å². The van der Waals surface area contributed by atoms with Crippen LogP contribution in [0, 0.1) is 0 Å². The van der Waals surface area contributed by atoms with E-state index in [0.717, 1.165) is 23.4 Å². The molecule has 1 N–H and O–H groups in total. The minimum absolute atomic E-state index is 0.192. The average Bonchev–Trinajstić information content (AvgIpc) is 2.98. The van der Waals surface area contributed by atoms with Crippen molar-refractivity contribution in [2.24, 2.45) is 0 Å². The molecule has 1 heterocycles. The predicted molar refractivity (Wildman–Crippen MR) is 109 cm³/mol. The summed E-state index contributed by atoms with van der Waals surface area (Å²) in [5.41, 5.74) is 2.77. The molecule has 0 unspecified atom stereocenters. The van der Waals surface area contributed by atoms with Crippen LogP contribution >= 0.6 is 11.8 Å². The van der Waals surface area contributed by atoms with Crippen LogP contribution in [0.1, 0.15) is 18.4 Å². The highest BCUT2D eigenvalue weighted by molar-refractivity contribution is 8.07. The van der Waals surface area contributed by atoms with E-state index in [9.17, 15) is 9.90 Å². The first kappa shape index (κ1) is 18.1. The Kier molecular flexibility index (Phi) is 5.64. The van der Waals surface area contributed by atoms with Crippen molar-refractivity contribution >= 4 is 23.3 Å². The van der Waals surface area contributed by atoms with Gasteiger partial charge < -0.3 is 10.0 Å². The summed E-state index contributed by atoms with van der Waals surface area (Å²) in [5.74, 6) is -0.982. The lowest BCUT2D eigenvalue weighted by atomic mass is 9.99. The molecule has 0 aromatic heterocycles. The summed E-state index contributed by atoms with van der Waals surface area (Å²) < 4.78 is 0. The number of carboxylic acid groups (broad SMARTS) is 1. The van der Waals surface area contributed by atoms with E-state index in [0.29, 0.717) is 5.57 Å². The normalized spacial score (nSPS) is 18.7. The van der Waals surface area contributed by atoms with Crippen LogP contribution in [-0.2, 0) is 4.79 Å². The van der Waals surface area contributed by atoms with Crippen LogP contribution in [0.15, 0.2) is 94.6 Å². The van der Waals surface area contributed by atoms with Crippen molar-refractivity contribution in [3.8, 4) is 0 Å². The minimum atomic E-state index is -0.982. The number of carboxylic acids is 1. The zero-order valence-corrected chi connectivity index (χ0v) is 15.5. The molecule has 132 valence electrons. The summed E-state index contributed by atoms with van der Waals surface area (Å²) in [5, 5.41) is 10.6. The van der Waals surface area contributed by atoms with Gasteiger partial charge in [-0.1, -0.05) is 73.0 Å². The van der Waals surface area contributed by atoms with Crippen molar-refractivity contribution < 1.29 is 9.90 Å². The highest BCUT2D eigenvalue weighted by Crippen LogP contribution is 2.45. The second-order valence-electron chi connectivity index (χ2n) is 6.02. The van der Waals surface area contributed by atoms with Gasteiger partial charge in [0.1, 0.15) is 0 Å². The molecular formula is C22H21NO2S. The van der Waals surface area contributed by atoms with Crippen molar-refractivity contribution in [3.05, 3.63) is 100 Å². The van der Waals surface area contributed by atoms with Crippen LogP contribution in [-0.4, -0.2) is 23.0 Å². The van der Waals surface area contributed by atoms with E-state index in [1.54, 1.807) is 23.9 Å². The molecule has 0 atom stereocenters. The molecule has 3 rings (SSSR count). The summed E-state index contributed by atoms with van der Waals surface area (Å²) in [6.07, 6.45) is 13.9. The number of benzene rings is 1. The fourth-order valence-corrected chi connectivity index (χ4v) is 4.00. The Morgan fingerprint density at radius 2 is 1.92 bits per heavy atom. The number of thioether (sulfide) groups is 1. The largest absolute Gasteiger partial charge is 0.478 e. The molecule has 0 radical (unpaired) electrons. The molecule has 1 fully saturated rings. The third-order valence-corrected chi connectivity index (χ3v) is 5.50. The van der Waals surface area contributed by atoms with Gasteiger partial charge in [-0.2, -0.15) is 0 Å². The third kappa shape index (κ3) is 3.92. The van der Waals surface area contributed by atoms with Gasteiger partial charge in [-0.25, -0.2) is 4.79 Å². The number of carbonyl (C=O) groups is 1.